The zero-order chi connectivity index (χ0) is 13.5. The summed E-state index contributed by atoms with van der Waals surface area (Å²) < 4.78 is 7.51. The van der Waals surface area contributed by atoms with Crippen molar-refractivity contribution in [2.75, 3.05) is 20.3 Å². The lowest BCUT2D eigenvalue weighted by atomic mass is 10.2. The predicted octanol–water partition coefficient (Wildman–Crippen LogP) is 2.89. The van der Waals surface area contributed by atoms with Crippen LogP contribution in [0.15, 0.2) is 6.07 Å². The Hall–Kier alpha value is -0.800. The van der Waals surface area contributed by atoms with Crippen LogP contribution in [0.3, 0.4) is 0 Å². The highest BCUT2D eigenvalue weighted by Crippen LogP contribution is 2.15. The van der Waals surface area contributed by atoms with E-state index in [2.05, 4.69) is 43.6 Å². The van der Waals surface area contributed by atoms with E-state index in [4.69, 9.17) is 4.74 Å². The molecule has 1 N–H and O–H groups in total. The molecule has 0 aliphatic rings. The first-order valence-corrected chi connectivity index (χ1v) is 6.91. The highest BCUT2D eigenvalue weighted by atomic mass is 16.5. The van der Waals surface area contributed by atoms with E-state index in [1.807, 2.05) is 0 Å². The first-order valence-electron chi connectivity index (χ1n) is 6.91. The van der Waals surface area contributed by atoms with E-state index < -0.39 is 0 Å². The fourth-order valence-electron chi connectivity index (χ4n) is 2.26. The van der Waals surface area contributed by atoms with Gasteiger partial charge in [-0.25, -0.2) is 0 Å². The summed E-state index contributed by atoms with van der Waals surface area (Å²) >= 11 is 0. The van der Waals surface area contributed by atoms with Gasteiger partial charge in [0.05, 0.1) is 0 Å². The Labute approximate surface area is 112 Å². The Balaban J connectivity index is 2.56. The second-order valence-electron chi connectivity index (χ2n) is 5.42. The summed E-state index contributed by atoms with van der Waals surface area (Å²) in [6.07, 6.45) is 1.08. The van der Waals surface area contributed by atoms with Gasteiger partial charge in [0.2, 0.25) is 0 Å². The molecule has 0 aliphatic carbocycles. The summed E-state index contributed by atoms with van der Waals surface area (Å²) in [4.78, 5) is 0. The number of hydrogen-bond donors (Lipinski definition) is 1. The van der Waals surface area contributed by atoms with E-state index in [0.29, 0.717) is 5.92 Å². The Kier molecular flexibility index (Phi) is 6.44. The largest absolute Gasteiger partial charge is 0.385 e. The number of aromatic nitrogens is 1. The van der Waals surface area contributed by atoms with Crippen LogP contribution in [0, 0.1) is 19.8 Å². The van der Waals surface area contributed by atoms with Crippen LogP contribution >= 0.6 is 0 Å². The maximum atomic E-state index is 5.12. The zero-order valence-electron chi connectivity index (χ0n) is 12.5. The molecular formula is C15H28N2O. The molecule has 0 spiro atoms. The lowest BCUT2D eigenvalue weighted by molar-refractivity contribution is 0.190. The summed E-state index contributed by atoms with van der Waals surface area (Å²) in [7, 11) is 1.76. The number of aryl methyl sites for hydroxylation is 1. The average Bonchev–Trinajstić information content (AvgIpc) is 2.56. The van der Waals surface area contributed by atoms with E-state index in [1.54, 1.807) is 7.11 Å². The highest BCUT2D eigenvalue weighted by molar-refractivity contribution is 5.26. The van der Waals surface area contributed by atoms with Gasteiger partial charge in [0, 0.05) is 38.2 Å². The van der Waals surface area contributed by atoms with Crippen LogP contribution in [-0.4, -0.2) is 24.8 Å². The Bertz CT molecular complexity index is 356. The molecule has 0 atom stereocenters. The smallest absolute Gasteiger partial charge is 0.0479 e. The van der Waals surface area contributed by atoms with Crippen LogP contribution in [0.5, 0.6) is 0 Å². The van der Waals surface area contributed by atoms with Crippen LogP contribution in [-0.2, 0) is 17.8 Å². The van der Waals surface area contributed by atoms with Crippen molar-refractivity contribution in [1.82, 2.24) is 9.88 Å². The fraction of sp³-hybridized carbons (Fsp3) is 0.733. The molecule has 0 aliphatic heterocycles. The standard InChI is InChI=1S/C15H28N2O/c1-12(2)10-16-11-15-9-13(3)17(14(15)4)7-6-8-18-5/h9,12,16H,6-8,10-11H2,1-5H3. The second kappa shape index (κ2) is 7.59. The van der Waals surface area contributed by atoms with Crippen LogP contribution < -0.4 is 5.32 Å². The van der Waals surface area contributed by atoms with E-state index in [0.717, 1.165) is 32.7 Å². The number of hydrogen-bond acceptors (Lipinski definition) is 2. The van der Waals surface area contributed by atoms with E-state index >= 15 is 0 Å². The Morgan fingerprint density at radius 3 is 2.67 bits per heavy atom. The van der Waals surface area contributed by atoms with Crippen molar-refractivity contribution in [3.05, 3.63) is 23.0 Å². The van der Waals surface area contributed by atoms with E-state index in [-0.39, 0.29) is 0 Å². The average molecular weight is 252 g/mol. The van der Waals surface area contributed by atoms with Crippen molar-refractivity contribution >= 4 is 0 Å². The van der Waals surface area contributed by atoms with Crippen molar-refractivity contribution in [2.45, 2.75) is 47.2 Å². The molecule has 0 unspecified atom stereocenters. The van der Waals surface area contributed by atoms with Crippen LogP contribution in [0.1, 0.15) is 37.2 Å². The molecule has 3 heteroatoms. The van der Waals surface area contributed by atoms with Crippen molar-refractivity contribution in [1.29, 1.82) is 0 Å². The molecule has 3 nitrogen and oxygen atoms in total. The molecule has 1 heterocycles. The molecule has 0 radical (unpaired) electrons. The third-order valence-corrected chi connectivity index (χ3v) is 3.28. The van der Waals surface area contributed by atoms with Crippen molar-refractivity contribution < 1.29 is 4.74 Å². The number of methoxy groups -OCH3 is 1. The minimum Gasteiger partial charge on any atom is -0.385 e. The third-order valence-electron chi connectivity index (χ3n) is 3.28. The maximum absolute atomic E-state index is 5.12. The molecule has 0 amide bonds. The van der Waals surface area contributed by atoms with Gasteiger partial charge < -0.3 is 14.6 Å². The van der Waals surface area contributed by atoms with Gasteiger partial charge in [0.25, 0.3) is 0 Å². The zero-order valence-corrected chi connectivity index (χ0v) is 12.5. The van der Waals surface area contributed by atoms with E-state index in [9.17, 15) is 0 Å². The van der Waals surface area contributed by atoms with Crippen LogP contribution in [0.4, 0.5) is 0 Å². The van der Waals surface area contributed by atoms with E-state index in [1.165, 1.54) is 17.0 Å². The molecule has 0 saturated heterocycles. The molecule has 0 saturated carbocycles. The monoisotopic (exact) mass is 252 g/mol. The molecule has 0 bridgehead atoms. The van der Waals surface area contributed by atoms with Crippen LogP contribution in [0.25, 0.3) is 0 Å². The SMILES string of the molecule is COCCCn1c(C)cc(CNCC(C)C)c1C. The summed E-state index contributed by atoms with van der Waals surface area (Å²) in [6.45, 7) is 12.8. The minimum absolute atomic E-state index is 0.704. The Morgan fingerprint density at radius 2 is 2.06 bits per heavy atom. The highest BCUT2D eigenvalue weighted by Gasteiger charge is 2.08. The van der Waals surface area contributed by atoms with Gasteiger partial charge in [-0.2, -0.15) is 0 Å². The summed E-state index contributed by atoms with van der Waals surface area (Å²) in [5, 5.41) is 3.51. The maximum Gasteiger partial charge on any atom is 0.0479 e. The molecule has 1 aromatic heterocycles. The van der Waals surface area contributed by atoms with Gasteiger partial charge >= 0.3 is 0 Å². The van der Waals surface area contributed by atoms with Gasteiger partial charge in [-0.05, 0) is 44.4 Å². The number of ether oxygens (including phenoxy) is 1. The van der Waals surface area contributed by atoms with Gasteiger partial charge in [-0.3, -0.25) is 0 Å². The van der Waals surface area contributed by atoms with Crippen molar-refractivity contribution in [2.24, 2.45) is 5.92 Å². The predicted molar refractivity (Wildman–Crippen MR) is 76.9 cm³/mol. The number of nitrogens with zero attached hydrogens (tertiary/aromatic N) is 1. The topological polar surface area (TPSA) is 26.2 Å². The molecule has 0 aromatic carbocycles. The van der Waals surface area contributed by atoms with Crippen molar-refractivity contribution in [3.8, 4) is 0 Å². The first-order chi connectivity index (χ1) is 8.56. The summed E-state index contributed by atoms with van der Waals surface area (Å²) in [5.41, 5.74) is 4.16. The van der Waals surface area contributed by atoms with Gasteiger partial charge in [0.15, 0.2) is 0 Å². The summed E-state index contributed by atoms with van der Waals surface area (Å²) in [5.74, 6) is 0.704. The third kappa shape index (κ3) is 4.46. The Morgan fingerprint density at radius 1 is 1.33 bits per heavy atom. The van der Waals surface area contributed by atoms with Crippen molar-refractivity contribution in [3.63, 3.8) is 0 Å². The molecule has 1 rings (SSSR count). The molecular weight excluding hydrogens is 224 g/mol. The van der Waals surface area contributed by atoms with Gasteiger partial charge in [-0.15, -0.1) is 0 Å². The molecule has 104 valence electrons. The lowest BCUT2D eigenvalue weighted by Gasteiger charge is -2.10. The quantitative estimate of drug-likeness (QED) is 0.720. The summed E-state index contributed by atoms with van der Waals surface area (Å²) in [6, 6.07) is 2.30. The minimum atomic E-state index is 0.704. The normalized spacial score (nSPS) is 11.4. The number of rotatable bonds is 8. The lowest BCUT2D eigenvalue weighted by Crippen LogP contribution is -2.19. The second-order valence-corrected chi connectivity index (χ2v) is 5.42. The molecule has 0 fully saturated rings. The van der Waals surface area contributed by atoms with Gasteiger partial charge in [-0.1, -0.05) is 13.8 Å². The molecule has 1 aromatic rings. The van der Waals surface area contributed by atoms with Crippen LogP contribution in [0.2, 0.25) is 0 Å². The first kappa shape index (κ1) is 15.3. The molecule has 18 heavy (non-hydrogen) atoms. The van der Waals surface area contributed by atoms with Gasteiger partial charge in [0.1, 0.15) is 0 Å². The fourth-order valence-corrected chi connectivity index (χ4v) is 2.26. The number of nitrogens with one attached hydrogen (secondary N) is 1.